The van der Waals surface area contributed by atoms with Gasteiger partial charge in [0.1, 0.15) is 42.9 Å². The van der Waals surface area contributed by atoms with Crippen LogP contribution in [0.4, 0.5) is 0 Å². The zero-order valence-corrected chi connectivity index (χ0v) is 19.5. The van der Waals surface area contributed by atoms with E-state index in [9.17, 15) is 20.1 Å². The summed E-state index contributed by atoms with van der Waals surface area (Å²) in [6.45, 7) is 1.78. The third kappa shape index (κ3) is 8.15. The number of nitrogens with two attached hydrogens (primary N) is 1. The lowest BCUT2D eigenvalue weighted by atomic mass is 9.95. The Bertz CT molecular complexity index is 547. The monoisotopic (exact) mass is 479 g/mol. The molecule has 2 saturated heterocycles. The molecule has 0 amide bonds. The second-order valence-electron chi connectivity index (χ2n) is 8.33. The van der Waals surface area contributed by atoms with Crippen LogP contribution in [0.15, 0.2) is 0 Å². The Morgan fingerprint density at radius 2 is 1.79 bits per heavy atom. The maximum atomic E-state index is 11.1. The van der Waals surface area contributed by atoms with Crippen LogP contribution in [0.3, 0.4) is 0 Å². The minimum Gasteiger partial charge on any atom is -0.388 e. The zero-order chi connectivity index (χ0) is 24.2. The summed E-state index contributed by atoms with van der Waals surface area (Å²) in [5.41, 5.74) is 5.51. The van der Waals surface area contributed by atoms with E-state index in [1.165, 1.54) is 14.2 Å². The first-order valence-electron chi connectivity index (χ1n) is 11.6. The third-order valence-electron chi connectivity index (χ3n) is 6.02. The van der Waals surface area contributed by atoms with E-state index in [2.05, 4.69) is 10.6 Å². The molecule has 0 bridgehead atoms. The molecule has 9 atom stereocenters. The van der Waals surface area contributed by atoms with Crippen LogP contribution in [0.1, 0.15) is 25.7 Å². The molecule has 0 aromatic heterocycles. The van der Waals surface area contributed by atoms with Crippen LogP contribution in [-0.2, 0) is 28.5 Å². The minimum atomic E-state index is -1.39. The number of methoxy groups -OCH3 is 2. The lowest BCUT2D eigenvalue weighted by Crippen LogP contribution is -2.67. The van der Waals surface area contributed by atoms with Gasteiger partial charge in [-0.2, -0.15) is 0 Å². The standard InChI is InChI=1S/C21H41N3O9/c1-29-14-12-31-21(18(28)16(14)26)33-19-15(24-9-10-25)20(30-2)32-13(17(19)27)11-23-8-6-4-3-5-7-22/h10,13-21,23-24,26-28H,3-9,11-12,22H2,1-2H3. The molecule has 12 heteroatoms. The highest BCUT2D eigenvalue weighted by Gasteiger charge is 2.49. The molecule has 7 N–H and O–H groups in total. The molecule has 0 spiro atoms. The maximum Gasteiger partial charge on any atom is 0.186 e. The van der Waals surface area contributed by atoms with Gasteiger partial charge >= 0.3 is 0 Å². The van der Waals surface area contributed by atoms with Gasteiger partial charge in [-0.3, -0.25) is 0 Å². The summed E-state index contributed by atoms with van der Waals surface area (Å²) in [5.74, 6) is 0. The maximum absolute atomic E-state index is 11.1. The normalized spacial score (nSPS) is 37.2. The molecular formula is C21H41N3O9. The van der Waals surface area contributed by atoms with Gasteiger partial charge in [-0.1, -0.05) is 12.8 Å². The van der Waals surface area contributed by atoms with Crippen molar-refractivity contribution in [3.63, 3.8) is 0 Å². The summed E-state index contributed by atoms with van der Waals surface area (Å²) >= 11 is 0. The summed E-state index contributed by atoms with van der Waals surface area (Å²) in [7, 11) is 2.86. The van der Waals surface area contributed by atoms with Crippen molar-refractivity contribution in [2.75, 3.05) is 47.0 Å². The molecule has 2 aliphatic heterocycles. The van der Waals surface area contributed by atoms with E-state index in [4.69, 9.17) is 29.4 Å². The summed E-state index contributed by atoms with van der Waals surface area (Å²) in [4.78, 5) is 10.9. The van der Waals surface area contributed by atoms with Crippen LogP contribution >= 0.6 is 0 Å². The van der Waals surface area contributed by atoms with Gasteiger partial charge < -0.3 is 60.2 Å². The molecular weight excluding hydrogens is 438 g/mol. The largest absolute Gasteiger partial charge is 0.388 e. The molecule has 0 saturated carbocycles. The van der Waals surface area contributed by atoms with Crippen LogP contribution in [-0.4, -0.2) is 124 Å². The predicted octanol–water partition coefficient (Wildman–Crippen LogP) is -2.54. The van der Waals surface area contributed by atoms with Crippen LogP contribution in [0.2, 0.25) is 0 Å². The van der Waals surface area contributed by atoms with Gasteiger partial charge in [0.15, 0.2) is 12.6 Å². The molecule has 2 fully saturated rings. The molecule has 0 aromatic carbocycles. The van der Waals surface area contributed by atoms with E-state index in [0.29, 0.717) is 19.4 Å². The van der Waals surface area contributed by atoms with E-state index < -0.39 is 55.2 Å². The Labute approximate surface area is 195 Å². The topological polar surface area (TPSA) is 174 Å². The summed E-state index contributed by atoms with van der Waals surface area (Å²) in [5, 5.41) is 38.0. The van der Waals surface area contributed by atoms with Crippen LogP contribution < -0.4 is 16.4 Å². The lowest BCUT2D eigenvalue weighted by molar-refractivity contribution is -0.326. The van der Waals surface area contributed by atoms with Gasteiger partial charge in [0, 0.05) is 20.8 Å². The number of rotatable bonds is 15. The molecule has 0 aliphatic carbocycles. The number of unbranched alkanes of at least 4 members (excludes halogenated alkanes) is 3. The first kappa shape index (κ1) is 28.5. The minimum absolute atomic E-state index is 0.00792. The van der Waals surface area contributed by atoms with Crippen LogP contribution in [0, 0.1) is 0 Å². The van der Waals surface area contributed by atoms with E-state index in [-0.39, 0.29) is 13.2 Å². The number of hydrogen-bond acceptors (Lipinski definition) is 12. The Hall–Kier alpha value is -0.770. The molecule has 12 nitrogen and oxygen atoms in total. The quantitative estimate of drug-likeness (QED) is 0.107. The Morgan fingerprint density at radius 3 is 2.45 bits per heavy atom. The number of aliphatic hydroxyl groups is 3. The van der Waals surface area contributed by atoms with E-state index in [0.717, 1.165) is 32.2 Å². The van der Waals surface area contributed by atoms with Crippen molar-refractivity contribution in [3.05, 3.63) is 0 Å². The van der Waals surface area contributed by atoms with Crippen LogP contribution in [0.5, 0.6) is 0 Å². The van der Waals surface area contributed by atoms with Crippen molar-refractivity contribution in [1.29, 1.82) is 0 Å². The number of aldehydes is 1. The first-order chi connectivity index (χ1) is 16.0. The average Bonchev–Trinajstić information content (AvgIpc) is 2.82. The van der Waals surface area contributed by atoms with Crippen molar-refractivity contribution >= 4 is 6.29 Å². The molecule has 2 aliphatic rings. The number of hydrogen-bond donors (Lipinski definition) is 6. The molecule has 194 valence electrons. The molecule has 33 heavy (non-hydrogen) atoms. The molecule has 2 heterocycles. The van der Waals surface area contributed by atoms with E-state index in [1.807, 2.05) is 0 Å². The van der Waals surface area contributed by atoms with E-state index in [1.54, 1.807) is 0 Å². The smallest absolute Gasteiger partial charge is 0.186 e. The highest BCUT2D eigenvalue weighted by molar-refractivity contribution is 5.51. The Balaban J connectivity index is 2.02. The number of nitrogens with one attached hydrogen (secondary N) is 2. The van der Waals surface area contributed by atoms with Crippen molar-refractivity contribution in [3.8, 4) is 0 Å². The predicted molar refractivity (Wildman–Crippen MR) is 117 cm³/mol. The van der Waals surface area contributed by atoms with Crippen molar-refractivity contribution < 1.29 is 43.8 Å². The van der Waals surface area contributed by atoms with Crippen molar-refractivity contribution in [1.82, 2.24) is 10.6 Å². The van der Waals surface area contributed by atoms with Crippen molar-refractivity contribution in [2.24, 2.45) is 5.73 Å². The Kier molecular flexibility index (Phi) is 13.2. The fourth-order valence-electron chi connectivity index (χ4n) is 4.09. The number of carbonyl (C=O) groups excluding carboxylic acids is 1. The van der Waals surface area contributed by atoms with Gasteiger partial charge in [0.2, 0.25) is 0 Å². The number of aliphatic hydroxyl groups excluding tert-OH is 3. The van der Waals surface area contributed by atoms with Gasteiger partial charge in [-0.15, -0.1) is 0 Å². The average molecular weight is 480 g/mol. The summed E-state index contributed by atoms with van der Waals surface area (Å²) in [6.07, 6.45) is -3.31. The van der Waals surface area contributed by atoms with Crippen molar-refractivity contribution in [2.45, 2.75) is 80.9 Å². The molecule has 0 aromatic rings. The summed E-state index contributed by atoms with van der Waals surface area (Å²) in [6, 6.07) is -0.726. The highest BCUT2D eigenvalue weighted by Crippen LogP contribution is 2.28. The van der Waals surface area contributed by atoms with E-state index >= 15 is 0 Å². The highest BCUT2D eigenvalue weighted by atomic mass is 16.7. The van der Waals surface area contributed by atoms with Gasteiger partial charge in [-0.05, 0) is 25.9 Å². The fraction of sp³-hybridized carbons (Fsp3) is 0.952. The lowest BCUT2D eigenvalue weighted by Gasteiger charge is -2.46. The number of ether oxygens (including phenoxy) is 5. The zero-order valence-electron chi connectivity index (χ0n) is 19.5. The molecule has 0 radical (unpaired) electrons. The van der Waals surface area contributed by atoms with Gasteiger partial charge in [0.05, 0.1) is 19.2 Å². The molecule has 9 unspecified atom stereocenters. The fourth-order valence-corrected chi connectivity index (χ4v) is 4.09. The van der Waals surface area contributed by atoms with Crippen LogP contribution in [0.25, 0.3) is 0 Å². The SMILES string of the molecule is COC1COC(OC2C(O)C(CNCCCCCCN)OC(OC)C2NCC=O)C(O)C1O. The third-order valence-corrected chi connectivity index (χ3v) is 6.02. The second kappa shape index (κ2) is 15.3. The molecule has 2 rings (SSSR count). The summed E-state index contributed by atoms with van der Waals surface area (Å²) < 4.78 is 28.0. The second-order valence-corrected chi connectivity index (χ2v) is 8.33. The van der Waals surface area contributed by atoms with Gasteiger partial charge in [-0.25, -0.2) is 0 Å². The first-order valence-corrected chi connectivity index (χ1v) is 11.6. The van der Waals surface area contributed by atoms with Gasteiger partial charge in [0.25, 0.3) is 0 Å². The number of carbonyl (C=O) groups is 1. The Morgan fingerprint density at radius 1 is 1.03 bits per heavy atom.